The topological polar surface area (TPSA) is 75.6 Å². The first-order chi connectivity index (χ1) is 9.31. The van der Waals surface area contributed by atoms with Crippen molar-refractivity contribution in [2.24, 2.45) is 5.92 Å². The Morgan fingerprint density at radius 2 is 2.00 bits per heavy atom. The van der Waals surface area contributed by atoms with Crippen molar-refractivity contribution in [3.05, 3.63) is 29.6 Å². The molecule has 0 heterocycles. The Kier molecular flexibility index (Phi) is 5.49. The molecule has 0 spiro atoms. The van der Waals surface area contributed by atoms with Gasteiger partial charge in [-0.05, 0) is 31.0 Å². The Morgan fingerprint density at radius 3 is 2.55 bits per heavy atom. The molecule has 5 nitrogen and oxygen atoms in total. The molecule has 0 bridgehead atoms. The number of rotatable bonds is 6. The second-order valence-corrected chi connectivity index (χ2v) is 4.83. The van der Waals surface area contributed by atoms with Crippen LogP contribution in [0.4, 0.5) is 4.39 Å². The summed E-state index contributed by atoms with van der Waals surface area (Å²) >= 11 is 0. The molecule has 1 rings (SSSR count). The quantitative estimate of drug-likeness (QED) is 0.838. The third kappa shape index (κ3) is 4.53. The molecule has 20 heavy (non-hydrogen) atoms. The van der Waals surface area contributed by atoms with Gasteiger partial charge in [-0.3, -0.25) is 4.79 Å². The second kappa shape index (κ2) is 6.88. The summed E-state index contributed by atoms with van der Waals surface area (Å²) in [6.45, 7) is 5.48. The highest BCUT2D eigenvalue weighted by atomic mass is 19.1. The lowest BCUT2D eigenvalue weighted by Gasteiger charge is -2.17. The highest BCUT2D eigenvalue weighted by molar-refractivity contribution is 5.91. The molecule has 110 valence electrons. The fourth-order valence-electron chi connectivity index (χ4n) is 1.40. The number of nitrogens with one attached hydrogen (secondary N) is 1. The van der Waals surface area contributed by atoms with Crippen LogP contribution in [0.1, 0.15) is 31.1 Å². The number of carbonyl (C=O) groups excluding carboxylic acids is 1. The van der Waals surface area contributed by atoms with Gasteiger partial charge in [0.2, 0.25) is 0 Å². The summed E-state index contributed by atoms with van der Waals surface area (Å²) in [4.78, 5) is 22.6. The molecule has 0 aromatic heterocycles. The van der Waals surface area contributed by atoms with E-state index in [-0.39, 0.29) is 35.8 Å². The maximum atomic E-state index is 13.0. The average Bonchev–Trinajstić information content (AvgIpc) is 2.36. The molecule has 0 saturated carbocycles. The van der Waals surface area contributed by atoms with E-state index in [1.807, 2.05) is 20.8 Å². The van der Waals surface area contributed by atoms with Crippen LogP contribution < -0.4 is 10.1 Å². The summed E-state index contributed by atoms with van der Waals surface area (Å²) < 4.78 is 18.1. The first kappa shape index (κ1) is 15.9. The van der Waals surface area contributed by atoms with Crippen LogP contribution in [0.2, 0.25) is 0 Å². The third-order valence-corrected chi connectivity index (χ3v) is 2.92. The van der Waals surface area contributed by atoms with Crippen molar-refractivity contribution in [2.45, 2.75) is 26.8 Å². The normalized spacial score (nSPS) is 12.1. The van der Waals surface area contributed by atoms with E-state index in [1.165, 1.54) is 6.07 Å². The lowest BCUT2D eigenvalue weighted by atomic mass is 10.1. The molecule has 0 aliphatic heterocycles. The average molecular weight is 283 g/mol. The molecule has 1 unspecified atom stereocenters. The number of hydrogen-bond acceptors (Lipinski definition) is 3. The lowest BCUT2D eigenvalue weighted by Crippen LogP contribution is -2.39. The van der Waals surface area contributed by atoms with Crippen LogP contribution in [-0.2, 0) is 4.79 Å². The van der Waals surface area contributed by atoms with Crippen molar-refractivity contribution in [3.63, 3.8) is 0 Å². The third-order valence-electron chi connectivity index (χ3n) is 2.92. The fourth-order valence-corrected chi connectivity index (χ4v) is 1.40. The number of carboxylic acid groups (broad SMARTS) is 1. The van der Waals surface area contributed by atoms with Crippen LogP contribution in [0.15, 0.2) is 18.2 Å². The van der Waals surface area contributed by atoms with E-state index in [1.54, 1.807) is 0 Å². The van der Waals surface area contributed by atoms with Gasteiger partial charge in [-0.1, -0.05) is 13.8 Å². The molecule has 0 saturated heterocycles. The zero-order valence-electron chi connectivity index (χ0n) is 11.6. The molecule has 2 N–H and O–H groups in total. The first-order valence-corrected chi connectivity index (χ1v) is 6.26. The Bertz CT molecular complexity index is 502. The number of ether oxygens (including phenoxy) is 1. The minimum absolute atomic E-state index is 0.0155. The molecule has 6 heteroatoms. The molecule has 0 radical (unpaired) electrons. The number of aromatic carboxylic acids is 1. The lowest BCUT2D eigenvalue weighted by molar-refractivity contribution is -0.124. The van der Waals surface area contributed by atoms with Gasteiger partial charge in [-0.15, -0.1) is 0 Å². The van der Waals surface area contributed by atoms with Gasteiger partial charge >= 0.3 is 5.97 Å². The van der Waals surface area contributed by atoms with E-state index in [0.29, 0.717) is 0 Å². The van der Waals surface area contributed by atoms with Crippen LogP contribution in [0, 0.1) is 11.7 Å². The summed E-state index contributed by atoms with van der Waals surface area (Å²) in [5.41, 5.74) is -0.310. The molecule has 1 amide bonds. The van der Waals surface area contributed by atoms with Gasteiger partial charge in [0.25, 0.3) is 5.91 Å². The predicted molar refractivity (Wildman–Crippen MR) is 71.3 cm³/mol. The molecule has 1 aromatic rings. The fraction of sp³-hybridized carbons (Fsp3) is 0.429. The van der Waals surface area contributed by atoms with Crippen LogP contribution in [0.25, 0.3) is 0 Å². The molecule has 1 aromatic carbocycles. The van der Waals surface area contributed by atoms with Crippen molar-refractivity contribution in [1.29, 1.82) is 0 Å². The van der Waals surface area contributed by atoms with Crippen LogP contribution >= 0.6 is 0 Å². The Hall–Kier alpha value is -2.11. The standard InChI is InChI=1S/C14H18FNO4/c1-8(2)9(3)16-13(17)7-20-12-5-4-10(15)6-11(12)14(18)19/h4-6,8-9H,7H2,1-3H3,(H,16,17)(H,18,19). The van der Waals surface area contributed by atoms with Crippen molar-refractivity contribution >= 4 is 11.9 Å². The van der Waals surface area contributed by atoms with Crippen molar-refractivity contribution in [3.8, 4) is 5.75 Å². The van der Waals surface area contributed by atoms with E-state index < -0.39 is 11.8 Å². The van der Waals surface area contributed by atoms with Crippen LogP contribution in [0.5, 0.6) is 5.75 Å². The van der Waals surface area contributed by atoms with Crippen molar-refractivity contribution in [1.82, 2.24) is 5.32 Å². The molecular formula is C14H18FNO4. The smallest absolute Gasteiger partial charge is 0.339 e. The zero-order chi connectivity index (χ0) is 15.3. The van der Waals surface area contributed by atoms with E-state index in [0.717, 1.165) is 12.1 Å². The van der Waals surface area contributed by atoms with Gasteiger partial charge in [0.05, 0.1) is 0 Å². The Balaban J connectivity index is 2.66. The summed E-state index contributed by atoms with van der Waals surface area (Å²) in [6, 6.07) is 3.11. The number of amides is 1. The van der Waals surface area contributed by atoms with Gasteiger partial charge < -0.3 is 15.2 Å². The maximum Gasteiger partial charge on any atom is 0.339 e. The number of benzene rings is 1. The number of carboxylic acids is 1. The summed E-state index contributed by atoms with van der Waals surface area (Å²) in [6.07, 6.45) is 0. The number of halogens is 1. The number of carbonyl (C=O) groups is 2. The van der Waals surface area contributed by atoms with Gasteiger partial charge in [0.15, 0.2) is 6.61 Å². The summed E-state index contributed by atoms with van der Waals surface area (Å²) in [7, 11) is 0. The minimum atomic E-state index is -1.31. The van der Waals surface area contributed by atoms with E-state index in [4.69, 9.17) is 9.84 Å². The largest absolute Gasteiger partial charge is 0.483 e. The number of hydrogen-bond donors (Lipinski definition) is 2. The van der Waals surface area contributed by atoms with Gasteiger partial charge in [0, 0.05) is 6.04 Å². The van der Waals surface area contributed by atoms with Crippen LogP contribution in [-0.4, -0.2) is 29.6 Å². The summed E-state index contributed by atoms with van der Waals surface area (Å²) in [5, 5.41) is 11.7. The van der Waals surface area contributed by atoms with Crippen molar-refractivity contribution in [2.75, 3.05) is 6.61 Å². The molecule has 0 aliphatic carbocycles. The minimum Gasteiger partial charge on any atom is -0.483 e. The zero-order valence-corrected chi connectivity index (χ0v) is 11.6. The van der Waals surface area contributed by atoms with Crippen LogP contribution in [0.3, 0.4) is 0 Å². The van der Waals surface area contributed by atoms with Gasteiger partial charge in [-0.2, -0.15) is 0 Å². The summed E-state index contributed by atoms with van der Waals surface area (Å²) in [5.74, 6) is -2.10. The van der Waals surface area contributed by atoms with Crippen molar-refractivity contribution < 1.29 is 23.8 Å². The first-order valence-electron chi connectivity index (χ1n) is 6.26. The molecular weight excluding hydrogens is 265 g/mol. The highest BCUT2D eigenvalue weighted by Gasteiger charge is 2.15. The highest BCUT2D eigenvalue weighted by Crippen LogP contribution is 2.19. The van der Waals surface area contributed by atoms with E-state index in [9.17, 15) is 14.0 Å². The van der Waals surface area contributed by atoms with E-state index in [2.05, 4.69) is 5.32 Å². The van der Waals surface area contributed by atoms with E-state index >= 15 is 0 Å². The maximum absolute atomic E-state index is 13.0. The molecule has 1 atom stereocenters. The van der Waals surface area contributed by atoms with Gasteiger partial charge in [-0.25, -0.2) is 9.18 Å². The second-order valence-electron chi connectivity index (χ2n) is 4.83. The predicted octanol–water partition coefficient (Wildman–Crippen LogP) is 2.06. The Labute approximate surface area is 116 Å². The SMILES string of the molecule is CC(C)C(C)NC(=O)COc1ccc(F)cc1C(=O)O. The molecule has 0 aliphatic rings. The van der Waals surface area contributed by atoms with Gasteiger partial charge in [0.1, 0.15) is 17.1 Å². The molecule has 0 fully saturated rings. The monoisotopic (exact) mass is 283 g/mol. The Morgan fingerprint density at radius 1 is 1.35 bits per heavy atom.